The summed E-state index contributed by atoms with van der Waals surface area (Å²) in [6.07, 6.45) is 5.37. The van der Waals surface area contributed by atoms with Gasteiger partial charge in [0, 0.05) is 31.2 Å². The summed E-state index contributed by atoms with van der Waals surface area (Å²) >= 11 is 0. The summed E-state index contributed by atoms with van der Waals surface area (Å²) in [6, 6.07) is 5.97. The van der Waals surface area contributed by atoms with E-state index in [2.05, 4.69) is 21.2 Å². The Balaban J connectivity index is 2.00. The van der Waals surface area contributed by atoms with Crippen molar-refractivity contribution < 1.29 is 4.52 Å². The van der Waals surface area contributed by atoms with Gasteiger partial charge >= 0.3 is 0 Å². The van der Waals surface area contributed by atoms with E-state index in [1.807, 2.05) is 19.1 Å². The van der Waals surface area contributed by atoms with Crippen LogP contribution in [0.15, 0.2) is 29.0 Å². The van der Waals surface area contributed by atoms with Gasteiger partial charge in [0.15, 0.2) is 5.82 Å². The number of hydrogen-bond acceptors (Lipinski definition) is 5. The molecule has 0 radical (unpaired) electrons. The number of nitriles is 1. The van der Waals surface area contributed by atoms with Crippen LogP contribution in [-0.2, 0) is 6.42 Å². The molecule has 5 nitrogen and oxygen atoms in total. The van der Waals surface area contributed by atoms with Crippen molar-refractivity contribution in [2.24, 2.45) is 0 Å². The van der Waals surface area contributed by atoms with Crippen LogP contribution in [0.2, 0.25) is 0 Å². The number of aromatic nitrogens is 3. The van der Waals surface area contributed by atoms with Crippen LogP contribution in [0.5, 0.6) is 0 Å². The third-order valence-electron chi connectivity index (χ3n) is 2.71. The first-order chi connectivity index (χ1) is 8.79. The highest BCUT2D eigenvalue weighted by Crippen LogP contribution is 2.18. The minimum Gasteiger partial charge on any atom is -0.339 e. The molecule has 18 heavy (non-hydrogen) atoms. The van der Waals surface area contributed by atoms with E-state index in [9.17, 15) is 0 Å². The third-order valence-corrected chi connectivity index (χ3v) is 2.71. The fourth-order valence-corrected chi connectivity index (χ4v) is 1.63. The Hall–Kier alpha value is -2.22. The van der Waals surface area contributed by atoms with Crippen molar-refractivity contribution in [1.82, 2.24) is 15.1 Å². The van der Waals surface area contributed by atoms with Crippen LogP contribution < -0.4 is 0 Å². The summed E-state index contributed by atoms with van der Waals surface area (Å²) in [5, 5.41) is 12.5. The van der Waals surface area contributed by atoms with Crippen molar-refractivity contribution in [3.63, 3.8) is 0 Å². The smallest absolute Gasteiger partial charge is 0.229 e. The number of nitrogens with zero attached hydrogens (tertiary/aromatic N) is 4. The molecule has 0 aliphatic rings. The van der Waals surface area contributed by atoms with E-state index in [0.29, 0.717) is 24.6 Å². The molecule has 2 heterocycles. The Morgan fingerprint density at radius 1 is 1.39 bits per heavy atom. The highest BCUT2D eigenvalue weighted by molar-refractivity contribution is 5.14. The van der Waals surface area contributed by atoms with Crippen molar-refractivity contribution >= 4 is 0 Å². The predicted octanol–water partition coefficient (Wildman–Crippen LogP) is 2.46. The normalized spacial score (nSPS) is 12.0. The molecule has 2 aromatic rings. The van der Waals surface area contributed by atoms with E-state index in [-0.39, 0.29) is 5.92 Å². The van der Waals surface area contributed by atoms with Crippen molar-refractivity contribution in [2.75, 3.05) is 0 Å². The molecular formula is C13H14N4O. The lowest BCUT2D eigenvalue weighted by molar-refractivity contribution is 0.351. The average molecular weight is 242 g/mol. The van der Waals surface area contributed by atoms with E-state index < -0.39 is 0 Å². The zero-order valence-corrected chi connectivity index (χ0v) is 10.2. The maximum Gasteiger partial charge on any atom is 0.229 e. The first kappa shape index (κ1) is 12.2. The Morgan fingerprint density at radius 2 is 2.17 bits per heavy atom. The van der Waals surface area contributed by atoms with Gasteiger partial charge in [-0.05, 0) is 24.1 Å². The van der Waals surface area contributed by atoms with E-state index in [1.165, 1.54) is 0 Å². The molecule has 2 aromatic heterocycles. The number of hydrogen-bond donors (Lipinski definition) is 0. The summed E-state index contributed by atoms with van der Waals surface area (Å²) in [7, 11) is 0. The Labute approximate surface area is 105 Å². The first-order valence-electron chi connectivity index (χ1n) is 5.88. The quantitative estimate of drug-likeness (QED) is 0.805. The van der Waals surface area contributed by atoms with Crippen LogP contribution in [0.4, 0.5) is 0 Å². The van der Waals surface area contributed by atoms with Gasteiger partial charge in [-0.2, -0.15) is 10.2 Å². The van der Waals surface area contributed by atoms with Crippen LogP contribution in [0.1, 0.15) is 43.0 Å². The minimum atomic E-state index is 0.128. The maximum atomic E-state index is 8.54. The van der Waals surface area contributed by atoms with Crippen molar-refractivity contribution in [1.29, 1.82) is 5.26 Å². The lowest BCUT2D eigenvalue weighted by atomic mass is 10.1. The molecule has 0 saturated carbocycles. The van der Waals surface area contributed by atoms with E-state index in [4.69, 9.17) is 9.78 Å². The molecule has 0 aliphatic heterocycles. The highest BCUT2D eigenvalue weighted by Gasteiger charge is 2.14. The van der Waals surface area contributed by atoms with Crippen molar-refractivity contribution in [3.05, 3.63) is 41.8 Å². The molecule has 1 unspecified atom stereocenters. The first-order valence-corrected chi connectivity index (χ1v) is 5.88. The zero-order chi connectivity index (χ0) is 12.8. The van der Waals surface area contributed by atoms with E-state index in [1.54, 1.807) is 12.4 Å². The summed E-state index contributed by atoms with van der Waals surface area (Å²) in [5.74, 6) is 1.40. The summed E-state index contributed by atoms with van der Waals surface area (Å²) in [5.41, 5.74) is 1.10. The second kappa shape index (κ2) is 5.92. The van der Waals surface area contributed by atoms with E-state index >= 15 is 0 Å². The lowest BCUT2D eigenvalue weighted by Crippen LogP contribution is -1.95. The molecule has 0 aliphatic carbocycles. The third kappa shape index (κ3) is 3.14. The van der Waals surface area contributed by atoms with E-state index in [0.717, 1.165) is 12.0 Å². The van der Waals surface area contributed by atoms with Crippen LogP contribution in [-0.4, -0.2) is 15.1 Å². The zero-order valence-electron chi connectivity index (χ0n) is 10.2. The monoisotopic (exact) mass is 242 g/mol. The van der Waals surface area contributed by atoms with Gasteiger partial charge in [-0.1, -0.05) is 12.1 Å². The number of pyridine rings is 1. The molecule has 0 fully saturated rings. The summed E-state index contributed by atoms with van der Waals surface area (Å²) < 4.78 is 5.21. The molecule has 0 bridgehead atoms. The van der Waals surface area contributed by atoms with Crippen LogP contribution in [0, 0.1) is 11.3 Å². The van der Waals surface area contributed by atoms with Gasteiger partial charge in [-0.25, -0.2) is 0 Å². The van der Waals surface area contributed by atoms with Crippen molar-refractivity contribution in [3.8, 4) is 6.07 Å². The molecule has 0 amide bonds. The highest BCUT2D eigenvalue weighted by atomic mass is 16.5. The summed E-state index contributed by atoms with van der Waals surface area (Å²) in [4.78, 5) is 8.31. The maximum absolute atomic E-state index is 8.54. The Morgan fingerprint density at radius 3 is 2.89 bits per heavy atom. The van der Waals surface area contributed by atoms with Crippen molar-refractivity contribution in [2.45, 2.75) is 32.1 Å². The van der Waals surface area contributed by atoms with Gasteiger partial charge in [0.1, 0.15) is 0 Å². The van der Waals surface area contributed by atoms with Gasteiger partial charge in [-0.15, -0.1) is 0 Å². The molecule has 0 saturated heterocycles. The molecule has 2 rings (SSSR count). The Bertz CT molecular complexity index is 529. The standard InChI is InChI=1S/C13H14N4O/c1-10(3-2-6-14)13-16-12(17-18-13)9-11-4-7-15-8-5-11/h4-5,7-8,10H,2-3,9H2,1H3. The second-order valence-corrected chi connectivity index (χ2v) is 4.18. The summed E-state index contributed by atoms with van der Waals surface area (Å²) in [6.45, 7) is 1.99. The molecule has 92 valence electrons. The van der Waals surface area contributed by atoms with Crippen LogP contribution >= 0.6 is 0 Å². The molecular weight excluding hydrogens is 228 g/mol. The van der Waals surface area contributed by atoms with Crippen LogP contribution in [0.25, 0.3) is 0 Å². The van der Waals surface area contributed by atoms with Gasteiger partial charge in [0.25, 0.3) is 0 Å². The van der Waals surface area contributed by atoms with Gasteiger partial charge in [0.05, 0.1) is 6.07 Å². The molecule has 0 aromatic carbocycles. The second-order valence-electron chi connectivity index (χ2n) is 4.18. The predicted molar refractivity (Wildman–Crippen MR) is 64.6 cm³/mol. The van der Waals surface area contributed by atoms with Crippen LogP contribution in [0.3, 0.4) is 0 Å². The molecule has 1 atom stereocenters. The fraction of sp³-hybridized carbons (Fsp3) is 0.385. The van der Waals surface area contributed by atoms with Gasteiger partial charge in [-0.3, -0.25) is 4.98 Å². The number of rotatable bonds is 5. The SMILES string of the molecule is CC(CCC#N)c1nc(Cc2ccncc2)no1. The topological polar surface area (TPSA) is 75.6 Å². The van der Waals surface area contributed by atoms with Gasteiger partial charge in [0.2, 0.25) is 5.89 Å². The molecule has 0 spiro atoms. The average Bonchev–Trinajstić information content (AvgIpc) is 2.86. The van der Waals surface area contributed by atoms with Gasteiger partial charge < -0.3 is 4.52 Å². The molecule has 0 N–H and O–H groups in total. The largest absolute Gasteiger partial charge is 0.339 e. The molecule has 5 heteroatoms. The minimum absolute atomic E-state index is 0.128. The Kier molecular flexibility index (Phi) is 4.02. The lowest BCUT2D eigenvalue weighted by Gasteiger charge is -2.00. The fourth-order valence-electron chi connectivity index (χ4n) is 1.63.